The number of aliphatic carboxylic acids is 2. The quantitative estimate of drug-likeness (QED) is 0.312. The molecule has 1 fully saturated rings. The van der Waals surface area contributed by atoms with Crippen LogP contribution >= 0.6 is 0 Å². The van der Waals surface area contributed by atoms with Crippen LogP contribution in [-0.4, -0.2) is 57.0 Å². The number of carbonyl (C=O) groups excluding carboxylic acids is 3. The fourth-order valence-corrected chi connectivity index (χ4v) is 2.18. The van der Waals surface area contributed by atoms with Crippen LogP contribution < -0.4 is 5.43 Å². The van der Waals surface area contributed by atoms with E-state index in [1.165, 1.54) is 0 Å². The number of carboxylic acid groups (broad SMARTS) is 2. The number of hydrogen-bond donors (Lipinski definition) is 3. The zero-order valence-corrected chi connectivity index (χ0v) is 11.8. The summed E-state index contributed by atoms with van der Waals surface area (Å²) in [5, 5.41) is 21.5. The van der Waals surface area contributed by atoms with Crippen molar-refractivity contribution in [1.82, 2.24) is 10.3 Å². The summed E-state index contributed by atoms with van der Waals surface area (Å²) in [6.45, 7) is -0.102. The standard InChI is InChI=1S/C13H13N3O7/c17-8(3-4-16-9(18)1-2-10(16)19)15-14-7-5-13(6-7,11(20)21)12(22)23/h1-2H,3-6H2,(H,15,17)(H,20,21)(H,22,23). The van der Waals surface area contributed by atoms with Crippen molar-refractivity contribution >= 4 is 35.4 Å². The zero-order chi connectivity index (χ0) is 17.2. The Kier molecular flexibility index (Phi) is 4.25. The maximum atomic E-state index is 11.6. The molecule has 23 heavy (non-hydrogen) atoms. The van der Waals surface area contributed by atoms with Gasteiger partial charge in [0.2, 0.25) is 5.91 Å². The van der Waals surface area contributed by atoms with Crippen molar-refractivity contribution in [2.45, 2.75) is 19.3 Å². The van der Waals surface area contributed by atoms with Crippen LogP contribution in [0.4, 0.5) is 0 Å². The molecule has 0 atom stereocenters. The molecule has 0 bridgehead atoms. The van der Waals surface area contributed by atoms with Crippen molar-refractivity contribution in [2.75, 3.05) is 6.54 Å². The molecule has 10 nitrogen and oxygen atoms in total. The third-order valence-corrected chi connectivity index (χ3v) is 3.63. The van der Waals surface area contributed by atoms with Crippen molar-refractivity contribution in [1.29, 1.82) is 0 Å². The van der Waals surface area contributed by atoms with E-state index in [9.17, 15) is 24.0 Å². The Labute approximate surface area is 129 Å². The molecule has 0 unspecified atom stereocenters. The summed E-state index contributed by atoms with van der Waals surface area (Å²) in [6.07, 6.45) is 1.47. The highest BCUT2D eigenvalue weighted by Crippen LogP contribution is 2.39. The molecule has 2 aliphatic rings. The lowest BCUT2D eigenvalue weighted by Crippen LogP contribution is -2.51. The van der Waals surface area contributed by atoms with Gasteiger partial charge in [0.05, 0.1) is 0 Å². The fourth-order valence-electron chi connectivity index (χ4n) is 2.18. The van der Waals surface area contributed by atoms with Crippen molar-refractivity contribution < 1.29 is 34.2 Å². The van der Waals surface area contributed by atoms with Crippen molar-refractivity contribution in [2.24, 2.45) is 10.5 Å². The second kappa shape index (κ2) is 5.99. The number of rotatable bonds is 6. The van der Waals surface area contributed by atoms with Gasteiger partial charge in [0.15, 0.2) is 5.41 Å². The third kappa shape index (κ3) is 3.10. The molecule has 1 heterocycles. The normalized spacial score (nSPS) is 18.6. The summed E-state index contributed by atoms with van der Waals surface area (Å²) in [7, 11) is 0. The molecule has 0 spiro atoms. The van der Waals surface area contributed by atoms with Crippen LogP contribution in [0, 0.1) is 5.41 Å². The summed E-state index contributed by atoms with van der Waals surface area (Å²) in [5.74, 6) is -4.47. The van der Waals surface area contributed by atoms with Gasteiger partial charge in [-0.1, -0.05) is 0 Å². The second-order valence-corrected chi connectivity index (χ2v) is 5.17. The largest absolute Gasteiger partial charge is 0.480 e. The fraction of sp³-hybridized carbons (Fsp3) is 0.385. The van der Waals surface area contributed by atoms with E-state index in [0.717, 1.165) is 17.1 Å². The average molecular weight is 323 g/mol. The highest BCUT2D eigenvalue weighted by molar-refractivity contribution is 6.13. The highest BCUT2D eigenvalue weighted by Gasteiger charge is 2.55. The number of nitrogens with zero attached hydrogens (tertiary/aromatic N) is 2. The van der Waals surface area contributed by atoms with Gasteiger partial charge in [0.25, 0.3) is 11.8 Å². The van der Waals surface area contributed by atoms with Gasteiger partial charge in [-0.25, -0.2) is 5.43 Å². The van der Waals surface area contributed by atoms with E-state index in [1.807, 2.05) is 0 Å². The van der Waals surface area contributed by atoms with Crippen LogP contribution in [0.25, 0.3) is 0 Å². The van der Waals surface area contributed by atoms with Crippen molar-refractivity contribution in [3.8, 4) is 0 Å². The summed E-state index contributed by atoms with van der Waals surface area (Å²) in [4.78, 5) is 56.9. The van der Waals surface area contributed by atoms with E-state index >= 15 is 0 Å². The molecule has 0 radical (unpaired) electrons. The average Bonchev–Trinajstić information content (AvgIpc) is 2.73. The van der Waals surface area contributed by atoms with Crippen molar-refractivity contribution in [3.05, 3.63) is 12.2 Å². The number of carbonyl (C=O) groups is 5. The molecule has 122 valence electrons. The number of hydrazone groups is 1. The Morgan fingerprint density at radius 3 is 2.13 bits per heavy atom. The molecule has 0 aromatic carbocycles. The van der Waals surface area contributed by atoms with Crippen molar-refractivity contribution in [3.63, 3.8) is 0 Å². The molecule has 3 amide bonds. The number of hydrogen-bond acceptors (Lipinski definition) is 6. The van der Waals surface area contributed by atoms with Crippen LogP contribution in [0.15, 0.2) is 17.3 Å². The second-order valence-electron chi connectivity index (χ2n) is 5.17. The first-order valence-corrected chi connectivity index (χ1v) is 6.61. The van der Waals surface area contributed by atoms with Crippen LogP contribution in [-0.2, 0) is 24.0 Å². The van der Waals surface area contributed by atoms with Gasteiger partial charge in [0, 0.05) is 43.7 Å². The van der Waals surface area contributed by atoms with Crippen LogP contribution in [0.3, 0.4) is 0 Å². The van der Waals surface area contributed by atoms with Crippen LogP contribution in [0.5, 0.6) is 0 Å². The van der Waals surface area contributed by atoms with Crippen LogP contribution in [0.2, 0.25) is 0 Å². The minimum Gasteiger partial charge on any atom is -0.480 e. The van der Waals surface area contributed by atoms with E-state index in [1.54, 1.807) is 0 Å². The molecule has 2 rings (SSSR count). The molecule has 1 aliphatic heterocycles. The maximum Gasteiger partial charge on any atom is 0.321 e. The van der Waals surface area contributed by atoms with E-state index in [2.05, 4.69) is 10.5 Å². The number of imide groups is 1. The van der Waals surface area contributed by atoms with Crippen LogP contribution in [0.1, 0.15) is 19.3 Å². The maximum absolute atomic E-state index is 11.6. The minimum absolute atomic E-state index is 0.102. The van der Waals surface area contributed by atoms with E-state index in [4.69, 9.17) is 10.2 Å². The lowest BCUT2D eigenvalue weighted by molar-refractivity contribution is -0.165. The summed E-state index contributed by atoms with van der Waals surface area (Å²) < 4.78 is 0. The Hall–Kier alpha value is -3.04. The smallest absolute Gasteiger partial charge is 0.321 e. The first-order chi connectivity index (χ1) is 10.8. The predicted octanol–water partition coefficient (Wildman–Crippen LogP) is -1.28. The summed E-state index contributed by atoms with van der Waals surface area (Å²) in [5.41, 5.74) is 0.510. The molecular weight excluding hydrogens is 310 g/mol. The molecule has 10 heteroatoms. The summed E-state index contributed by atoms with van der Waals surface area (Å²) >= 11 is 0. The Morgan fingerprint density at radius 2 is 1.65 bits per heavy atom. The van der Waals surface area contributed by atoms with E-state index in [-0.39, 0.29) is 31.5 Å². The number of amides is 3. The molecule has 1 aliphatic carbocycles. The zero-order valence-electron chi connectivity index (χ0n) is 11.8. The van der Waals surface area contributed by atoms with Gasteiger partial charge in [-0.3, -0.25) is 28.9 Å². The lowest BCUT2D eigenvalue weighted by Gasteiger charge is -2.34. The first kappa shape index (κ1) is 16.3. The monoisotopic (exact) mass is 323 g/mol. The Bertz CT molecular complexity index is 622. The molecular formula is C13H13N3O7. The molecule has 1 saturated carbocycles. The van der Waals surface area contributed by atoms with Gasteiger partial charge in [-0.15, -0.1) is 0 Å². The molecule has 0 aromatic rings. The van der Waals surface area contributed by atoms with E-state index in [0.29, 0.717) is 0 Å². The number of carboxylic acids is 2. The minimum atomic E-state index is -1.89. The lowest BCUT2D eigenvalue weighted by atomic mass is 9.67. The molecule has 3 N–H and O–H groups in total. The van der Waals surface area contributed by atoms with Gasteiger partial charge in [0.1, 0.15) is 0 Å². The summed E-state index contributed by atoms with van der Waals surface area (Å²) in [6, 6.07) is 0. The van der Waals surface area contributed by atoms with E-state index < -0.39 is 35.1 Å². The Balaban J connectivity index is 1.80. The molecule has 0 aromatic heterocycles. The third-order valence-electron chi connectivity index (χ3n) is 3.63. The predicted molar refractivity (Wildman–Crippen MR) is 73.0 cm³/mol. The highest BCUT2D eigenvalue weighted by atomic mass is 16.4. The van der Waals surface area contributed by atoms with Gasteiger partial charge >= 0.3 is 11.9 Å². The van der Waals surface area contributed by atoms with Gasteiger partial charge in [-0.2, -0.15) is 5.10 Å². The number of nitrogens with one attached hydrogen (secondary N) is 1. The first-order valence-electron chi connectivity index (χ1n) is 6.61. The Morgan fingerprint density at radius 1 is 1.13 bits per heavy atom. The van der Waals surface area contributed by atoms with Gasteiger partial charge < -0.3 is 10.2 Å². The topological polar surface area (TPSA) is 153 Å². The molecule has 0 saturated heterocycles. The SMILES string of the molecule is O=C(CCN1C(=O)C=CC1=O)NN=C1CC(C(=O)O)(C(=O)O)C1. The van der Waals surface area contributed by atoms with Gasteiger partial charge in [-0.05, 0) is 0 Å².